The van der Waals surface area contributed by atoms with Crippen LogP contribution in [0.3, 0.4) is 0 Å². The first kappa shape index (κ1) is 18.6. The molecule has 1 N–H and O–H groups in total. The van der Waals surface area contributed by atoms with Crippen LogP contribution in [0.4, 0.5) is 0 Å². The average molecular weight is 361 g/mol. The maximum absolute atomic E-state index is 12.5. The van der Waals surface area contributed by atoms with Crippen molar-refractivity contribution in [2.24, 2.45) is 0 Å². The lowest BCUT2D eigenvalue weighted by Crippen LogP contribution is -2.25. The molecule has 0 aliphatic rings. The van der Waals surface area contributed by atoms with Crippen molar-refractivity contribution in [3.63, 3.8) is 0 Å². The fourth-order valence-electron chi connectivity index (χ4n) is 2.55. The van der Waals surface area contributed by atoms with E-state index in [4.69, 9.17) is 4.74 Å². The Kier molecular flexibility index (Phi) is 5.81. The number of hydrogen-bond acceptors (Lipinski definition) is 4. The zero-order valence-electron chi connectivity index (χ0n) is 15.8. The summed E-state index contributed by atoms with van der Waals surface area (Å²) in [5, 5.41) is 2.86. The van der Waals surface area contributed by atoms with Crippen molar-refractivity contribution in [3.05, 3.63) is 71.4 Å². The highest BCUT2D eigenvalue weighted by molar-refractivity contribution is 5.96. The SMILES string of the molecule is CCCNC(=O)c1cnc(-c2ccccc2)nc1Oc1ccc(C)c(C)c1. The van der Waals surface area contributed by atoms with Crippen LogP contribution in [0, 0.1) is 13.8 Å². The van der Waals surface area contributed by atoms with Crippen LogP contribution in [0.15, 0.2) is 54.7 Å². The summed E-state index contributed by atoms with van der Waals surface area (Å²) in [4.78, 5) is 21.4. The number of aryl methyl sites for hydroxylation is 2. The molecule has 27 heavy (non-hydrogen) atoms. The van der Waals surface area contributed by atoms with Gasteiger partial charge in [0.15, 0.2) is 5.82 Å². The largest absolute Gasteiger partial charge is 0.438 e. The molecule has 0 unspecified atom stereocenters. The zero-order valence-corrected chi connectivity index (χ0v) is 15.8. The molecule has 0 saturated carbocycles. The van der Waals surface area contributed by atoms with Crippen molar-refractivity contribution in [3.8, 4) is 23.0 Å². The average Bonchev–Trinajstić information content (AvgIpc) is 2.69. The van der Waals surface area contributed by atoms with E-state index in [1.807, 2.05) is 69.3 Å². The number of amides is 1. The highest BCUT2D eigenvalue weighted by Gasteiger charge is 2.17. The molecule has 5 nitrogen and oxygen atoms in total. The lowest BCUT2D eigenvalue weighted by Gasteiger charge is -2.12. The van der Waals surface area contributed by atoms with Crippen LogP contribution in [0.1, 0.15) is 34.8 Å². The normalized spacial score (nSPS) is 10.5. The van der Waals surface area contributed by atoms with E-state index in [0.29, 0.717) is 23.7 Å². The van der Waals surface area contributed by atoms with Crippen molar-refractivity contribution in [2.45, 2.75) is 27.2 Å². The third-order valence-electron chi connectivity index (χ3n) is 4.26. The van der Waals surface area contributed by atoms with Crippen molar-refractivity contribution in [1.29, 1.82) is 0 Å². The van der Waals surface area contributed by atoms with Crippen molar-refractivity contribution in [1.82, 2.24) is 15.3 Å². The second kappa shape index (κ2) is 8.45. The zero-order chi connectivity index (χ0) is 19.2. The van der Waals surface area contributed by atoms with E-state index in [2.05, 4.69) is 15.3 Å². The minimum atomic E-state index is -0.240. The van der Waals surface area contributed by atoms with E-state index in [0.717, 1.165) is 17.5 Å². The summed E-state index contributed by atoms with van der Waals surface area (Å²) in [5.41, 5.74) is 3.47. The fraction of sp³-hybridized carbons (Fsp3) is 0.227. The smallest absolute Gasteiger partial charge is 0.258 e. The van der Waals surface area contributed by atoms with Gasteiger partial charge in [0, 0.05) is 18.3 Å². The Morgan fingerprint density at radius 3 is 2.56 bits per heavy atom. The van der Waals surface area contributed by atoms with Gasteiger partial charge in [0.25, 0.3) is 5.91 Å². The predicted molar refractivity (Wildman–Crippen MR) is 106 cm³/mol. The summed E-state index contributed by atoms with van der Waals surface area (Å²) >= 11 is 0. The second-order valence-electron chi connectivity index (χ2n) is 6.38. The molecular weight excluding hydrogens is 338 g/mol. The molecule has 138 valence electrons. The van der Waals surface area contributed by atoms with E-state index >= 15 is 0 Å². The monoisotopic (exact) mass is 361 g/mol. The second-order valence-corrected chi connectivity index (χ2v) is 6.38. The number of ether oxygens (including phenoxy) is 1. The van der Waals surface area contributed by atoms with Gasteiger partial charge in [-0.2, -0.15) is 4.98 Å². The number of benzene rings is 2. The molecule has 0 radical (unpaired) electrons. The topological polar surface area (TPSA) is 64.1 Å². The Balaban J connectivity index is 2.00. The van der Waals surface area contributed by atoms with Gasteiger partial charge in [-0.25, -0.2) is 4.98 Å². The summed E-state index contributed by atoms with van der Waals surface area (Å²) in [6.45, 7) is 6.65. The van der Waals surface area contributed by atoms with Crippen LogP contribution in [-0.2, 0) is 0 Å². The first-order chi connectivity index (χ1) is 13.1. The lowest BCUT2D eigenvalue weighted by molar-refractivity contribution is 0.0950. The van der Waals surface area contributed by atoms with E-state index in [-0.39, 0.29) is 11.8 Å². The van der Waals surface area contributed by atoms with Crippen LogP contribution in [-0.4, -0.2) is 22.4 Å². The molecule has 0 saturated heterocycles. The van der Waals surface area contributed by atoms with Crippen LogP contribution >= 0.6 is 0 Å². The van der Waals surface area contributed by atoms with Gasteiger partial charge in [0.2, 0.25) is 5.88 Å². The minimum absolute atomic E-state index is 0.240. The van der Waals surface area contributed by atoms with Gasteiger partial charge in [-0.3, -0.25) is 4.79 Å². The number of aromatic nitrogens is 2. The Morgan fingerprint density at radius 2 is 1.85 bits per heavy atom. The highest BCUT2D eigenvalue weighted by Crippen LogP contribution is 2.27. The first-order valence-electron chi connectivity index (χ1n) is 9.04. The van der Waals surface area contributed by atoms with Gasteiger partial charge in [0.1, 0.15) is 11.3 Å². The molecular formula is C22H23N3O2. The third-order valence-corrected chi connectivity index (χ3v) is 4.26. The molecule has 0 aliphatic heterocycles. The summed E-state index contributed by atoms with van der Waals surface area (Å²) < 4.78 is 6.00. The molecule has 0 spiro atoms. The number of carbonyl (C=O) groups is 1. The highest BCUT2D eigenvalue weighted by atomic mass is 16.5. The molecule has 0 atom stereocenters. The molecule has 1 amide bonds. The molecule has 0 bridgehead atoms. The molecule has 2 aromatic carbocycles. The van der Waals surface area contributed by atoms with Crippen LogP contribution in [0.2, 0.25) is 0 Å². The Morgan fingerprint density at radius 1 is 1.07 bits per heavy atom. The number of carbonyl (C=O) groups excluding carboxylic acids is 1. The van der Waals surface area contributed by atoms with Crippen molar-refractivity contribution in [2.75, 3.05) is 6.54 Å². The van der Waals surface area contributed by atoms with Gasteiger partial charge in [0.05, 0.1) is 0 Å². The number of nitrogens with one attached hydrogen (secondary N) is 1. The van der Waals surface area contributed by atoms with Gasteiger partial charge in [-0.05, 0) is 43.5 Å². The summed E-state index contributed by atoms with van der Waals surface area (Å²) in [5.74, 6) is 1.16. The van der Waals surface area contributed by atoms with E-state index < -0.39 is 0 Å². The molecule has 0 aliphatic carbocycles. The summed E-state index contributed by atoms with van der Waals surface area (Å²) in [7, 11) is 0. The molecule has 3 rings (SSSR count). The molecule has 1 heterocycles. The van der Waals surface area contributed by atoms with E-state index in [1.54, 1.807) is 0 Å². The van der Waals surface area contributed by atoms with Crippen molar-refractivity contribution < 1.29 is 9.53 Å². The van der Waals surface area contributed by atoms with Gasteiger partial charge in [-0.15, -0.1) is 0 Å². The van der Waals surface area contributed by atoms with Crippen molar-refractivity contribution >= 4 is 5.91 Å². The van der Waals surface area contributed by atoms with Crippen LogP contribution in [0.5, 0.6) is 11.6 Å². The molecule has 3 aromatic rings. The Hall–Kier alpha value is -3.21. The number of hydrogen-bond donors (Lipinski definition) is 1. The number of nitrogens with zero attached hydrogens (tertiary/aromatic N) is 2. The fourth-order valence-corrected chi connectivity index (χ4v) is 2.55. The van der Waals surface area contributed by atoms with Crippen LogP contribution in [0.25, 0.3) is 11.4 Å². The maximum atomic E-state index is 12.5. The minimum Gasteiger partial charge on any atom is -0.438 e. The molecule has 5 heteroatoms. The van der Waals surface area contributed by atoms with Gasteiger partial charge < -0.3 is 10.1 Å². The quantitative estimate of drug-likeness (QED) is 0.692. The first-order valence-corrected chi connectivity index (χ1v) is 9.04. The maximum Gasteiger partial charge on any atom is 0.258 e. The lowest BCUT2D eigenvalue weighted by atomic mass is 10.1. The van der Waals surface area contributed by atoms with Gasteiger partial charge >= 0.3 is 0 Å². The van der Waals surface area contributed by atoms with E-state index in [9.17, 15) is 4.79 Å². The van der Waals surface area contributed by atoms with E-state index in [1.165, 1.54) is 11.8 Å². The standard InChI is InChI=1S/C22H23N3O2/c1-4-12-23-21(26)19-14-24-20(17-8-6-5-7-9-17)25-22(19)27-18-11-10-15(2)16(3)13-18/h5-11,13-14H,4,12H2,1-3H3,(H,23,26). The third kappa shape index (κ3) is 4.50. The van der Waals surface area contributed by atoms with Crippen LogP contribution < -0.4 is 10.1 Å². The summed E-state index contributed by atoms with van der Waals surface area (Å²) in [6, 6.07) is 15.4. The predicted octanol–water partition coefficient (Wildman–Crippen LogP) is 4.69. The summed E-state index contributed by atoms with van der Waals surface area (Å²) in [6.07, 6.45) is 2.37. The number of rotatable bonds is 6. The molecule has 1 aromatic heterocycles. The Labute approximate surface area is 159 Å². The molecule has 0 fully saturated rings. The Bertz CT molecular complexity index is 940. The van der Waals surface area contributed by atoms with Gasteiger partial charge in [-0.1, -0.05) is 43.3 Å².